The molecule has 4 aromatic carbocycles. The van der Waals surface area contributed by atoms with E-state index in [9.17, 15) is 4.79 Å². The lowest BCUT2D eigenvalue weighted by atomic mass is 10.1. The van der Waals surface area contributed by atoms with Crippen LogP contribution in [0.2, 0.25) is 0 Å². The van der Waals surface area contributed by atoms with E-state index in [0.717, 1.165) is 33.1 Å². The first-order chi connectivity index (χ1) is 20.9. The van der Waals surface area contributed by atoms with Crippen LogP contribution in [0.4, 0.5) is 16.5 Å². The van der Waals surface area contributed by atoms with E-state index in [2.05, 4.69) is 20.9 Å². The average molecular weight is 627 g/mol. The minimum atomic E-state index is -0.512. The molecule has 0 saturated heterocycles. The third kappa shape index (κ3) is 7.92. The number of thiocarbonyl (C=S) groups is 1. The number of hydrogen-bond donors (Lipinski definition) is 3. The third-order valence-corrected chi connectivity index (χ3v) is 8.62. The minimum Gasteiger partial charge on any atom is -0.493 e. The molecule has 0 aliphatic heterocycles. The Morgan fingerprint density at radius 1 is 0.837 bits per heavy atom. The van der Waals surface area contributed by atoms with Crippen molar-refractivity contribution >= 4 is 62.8 Å². The summed E-state index contributed by atoms with van der Waals surface area (Å²) in [6, 6.07) is 31.2. The molecule has 7 nitrogen and oxygen atoms in total. The monoisotopic (exact) mass is 626 g/mol. The number of nitrogens with one attached hydrogen (secondary N) is 3. The summed E-state index contributed by atoms with van der Waals surface area (Å²) in [5, 5.41) is 11.9. The van der Waals surface area contributed by atoms with Crippen LogP contribution in [0, 0.1) is 6.92 Å². The predicted octanol–water partition coefficient (Wildman–Crippen LogP) is 8.42. The van der Waals surface area contributed by atoms with Crippen LogP contribution in [0.1, 0.15) is 16.4 Å². The predicted molar refractivity (Wildman–Crippen MR) is 182 cm³/mol. The molecule has 0 radical (unpaired) electrons. The van der Waals surface area contributed by atoms with E-state index < -0.39 is 5.25 Å². The van der Waals surface area contributed by atoms with Gasteiger partial charge in [-0.05, 0) is 73.2 Å². The molecule has 43 heavy (non-hydrogen) atoms. The molecule has 10 heteroatoms. The topological polar surface area (TPSA) is 84.5 Å². The molecule has 0 bridgehead atoms. The van der Waals surface area contributed by atoms with Gasteiger partial charge in [-0.25, -0.2) is 4.98 Å². The molecule has 3 N–H and O–H groups in total. The molecule has 1 amide bonds. The zero-order chi connectivity index (χ0) is 30.2. The van der Waals surface area contributed by atoms with Crippen LogP contribution in [-0.2, 0) is 4.79 Å². The highest BCUT2D eigenvalue weighted by Gasteiger charge is 2.23. The summed E-state index contributed by atoms with van der Waals surface area (Å²) in [7, 11) is 3.19. The van der Waals surface area contributed by atoms with Gasteiger partial charge in [-0.15, -0.1) is 23.1 Å². The summed E-state index contributed by atoms with van der Waals surface area (Å²) < 4.78 is 10.8. The summed E-state index contributed by atoms with van der Waals surface area (Å²) in [5.74, 6) is 1.09. The van der Waals surface area contributed by atoms with E-state index in [-0.39, 0.29) is 5.91 Å². The summed E-state index contributed by atoms with van der Waals surface area (Å²) in [6.07, 6.45) is 0. The second-order valence-electron chi connectivity index (χ2n) is 9.48. The summed E-state index contributed by atoms with van der Waals surface area (Å²) in [4.78, 5) is 19.3. The number of aryl methyl sites for hydroxylation is 1. The Bertz CT molecular complexity index is 1710. The van der Waals surface area contributed by atoms with Crippen molar-refractivity contribution in [3.8, 4) is 22.8 Å². The molecule has 5 aromatic rings. The number of carbonyl (C=O) groups is 1. The van der Waals surface area contributed by atoms with Gasteiger partial charge >= 0.3 is 0 Å². The number of thiazole rings is 1. The van der Waals surface area contributed by atoms with Crippen molar-refractivity contribution in [1.82, 2.24) is 4.98 Å². The van der Waals surface area contributed by atoms with Crippen LogP contribution < -0.4 is 25.4 Å². The average Bonchev–Trinajstić information content (AvgIpc) is 3.49. The minimum absolute atomic E-state index is 0.167. The second kappa shape index (κ2) is 14.2. The quantitative estimate of drug-likeness (QED) is 0.105. The van der Waals surface area contributed by atoms with Crippen LogP contribution in [-0.4, -0.2) is 30.2 Å². The van der Waals surface area contributed by atoms with Gasteiger partial charge in [-0.2, -0.15) is 0 Å². The number of methoxy groups -OCH3 is 2. The number of hydrogen-bond acceptors (Lipinski definition) is 7. The molecule has 218 valence electrons. The van der Waals surface area contributed by atoms with Gasteiger partial charge in [0.2, 0.25) is 5.91 Å². The van der Waals surface area contributed by atoms with E-state index in [1.165, 1.54) is 28.7 Å². The van der Waals surface area contributed by atoms with E-state index in [4.69, 9.17) is 21.7 Å². The van der Waals surface area contributed by atoms with Crippen molar-refractivity contribution in [3.05, 3.63) is 114 Å². The Balaban J connectivity index is 1.30. The highest BCUT2D eigenvalue weighted by Crippen LogP contribution is 2.38. The molecule has 1 unspecified atom stereocenters. The van der Waals surface area contributed by atoms with E-state index in [1.807, 2.05) is 109 Å². The zero-order valence-electron chi connectivity index (χ0n) is 23.8. The van der Waals surface area contributed by atoms with Crippen LogP contribution >= 0.6 is 35.3 Å². The standard InChI is InChI=1S/C33H30N4O3S3/c1-21-12-15-24(16-13-21)34-32(41)35-25-10-7-11-26(19-25)43-30(22-8-5-4-6-9-22)31(38)37-33-36-27(20-42-33)23-14-17-28(39-2)29(18-23)40-3/h4-20,30H,1-3H3,(H2,34,35,41)(H,36,37,38). The van der Waals surface area contributed by atoms with Gasteiger partial charge in [-0.3, -0.25) is 4.79 Å². The van der Waals surface area contributed by atoms with Crippen molar-refractivity contribution < 1.29 is 14.3 Å². The van der Waals surface area contributed by atoms with Crippen molar-refractivity contribution in [1.29, 1.82) is 0 Å². The third-order valence-electron chi connectivity index (χ3n) is 6.41. The van der Waals surface area contributed by atoms with Crippen molar-refractivity contribution in [2.75, 3.05) is 30.2 Å². The van der Waals surface area contributed by atoms with E-state index >= 15 is 0 Å². The van der Waals surface area contributed by atoms with Gasteiger partial charge in [0, 0.05) is 27.2 Å². The Kier molecular flexibility index (Phi) is 9.93. The lowest BCUT2D eigenvalue weighted by molar-refractivity contribution is -0.115. The fourth-order valence-corrected chi connectivity index (χ4v) is 6.29. The molecular formula is C33H30N4O3S3. The van der Waals surface area contributed by atoms with Gasteiger partial charge in [0.15, 0.2) is 21.7 Å². The number of amides is 1. The number of anilines is 3. The van der Waals surface area contributed by atoms with E-state index in [0.29, 0.717) is 21.7 Å². The molecule has 0 aliphatic rings. The smallest absolute Gasteiger partial charge is 0.244 e. The van der Waals surface area contributed by atoms with Crippen molar-refractivity contribution in [2.24, 2.45) is 0 Å². The molecule has 1 atom stereocenters. The molecular weight excluding hydrogens is 597 g/mol. The van der Waals surface area contributed by atoms with Gasteiger partial charge in [-0.1, -0.05) is 54.1 Å². The second-order valence-corrected chi connectivity index (χ2v) is 11.9. The largest absolute Gasteiger partial charge is 0.493 e. The number of benzene rings is 4. The highest BCUT2D eigenvalue weighted by atomic mass is 32.2. The first-order valence-electron chi connectivity index (χ1n) is 13.4. The summed E-state index contributed by atoms with van der Waals surface area (Å²) in [6.45, 7) is 2.04. The molecule has 1 heterocycles. The maximum Gasteiger partial charge on any atom is 0.244 e. The molecule has 5 rings (SSSR count). The van der Waals surface area contributed by atoms with Crippen LogP contribution in [0.15, 0.2) is 107 Å². The van der Waals surface area contributed by atoms with E-state index in [1.54, 1.807) is 14.2 Å². The Labute approximate surface area is 264 Å². The van der Waals surface area contributed by atoms with Crippen LogP contribution in [0.25, 0.3) is 11.3 Å². The van der Waals surface area contributed by atoms with Gasteiger partial charge < -0.3 is 25.4 Å². The number of ether oxygens (including phenoxy) is 2. The number of carbonyl (C=O) groups excluding carboxylic acids is 1. The normalized spacial score (nSPS) is 11.3. The zero-order valence-corrected chi connectivity index (χ0v) is 26.2. The fourth-order valence-electron chi connectivity index (χ4n) is 4.24. The maximum atomic E-state index is 13.7. The number of aromatic nitrogens is 1. The fraction of sp³-hybridized carbons (Fsp3) is 0.121. The first kappa shape index (κ1) is 30.1. The van der Waals surface area contributed by atoms with Crippen molar-refractivity contribution in [3.63, 3.8) is 0 Å². The summed E-state index contributed by atoms with van der Waals surface area (Å²) >= 11 is 8.35. The lowest BCUT2D eigenvalue weighted by Crippen LogP contribution is -2.19. The molecule has 0 spiro atoms. The molecule has 1 aromatic heterocycles. The Morgan fingerprint density at radius 3 is 2.33 bits per heavy atom. The Hall–Kier alpha value is -4.38. The number of nitrogens with zero attached hydrogens (tertiary/aromatic N) is 1. The van der Waals surface area contributed by atoms with Gasteiger partial charge in [0.25, 0.3) is 0 Å². The molecule has 0 saturated carbocycles. The van der Waals surface area contributed by atoms with Crippen LogP contribution in [0.3, 0.4) is 0 Å². The van der Waals surface area contributed by atoms with Gasteiger partial charge in [0.05, 0.1) is 19.9 Å². The molecule has 0 aliphatic carbocycles. The van der Waals surface area contributed by atoms with Crippen molar-refractivity contribution in [2.45, 2.75) is 17.1 Å². The number of thioether (sulfide) groups is 1. The van der Waals surface area contributed by atoms with Gasteiger partial charge in [0.1, 0.15) is 5.25 Å². The lowest BCUT2D eigenvalue weighted by Gasteiger charge is -2.17. The highest BCUT2D eigenvalue weighted by molar-refractivity contribution is 8.00. The van der Waals surface area contributed by atoms with Crippen LogP contribution in [0.5, 0.6) is 11.5 Å². The maximum absolute atomic E-state index is 13.7. The molecule has 0 fully saturated rings. The Morgan fingerprint density at radius 2 is 1.58 bits per heavy atom. The number of rotatable bonds is 10. The first-order valence-corrected chi connectivity index (χ1v) is 15.5. The SMILES string of the molecule is COc1ccc(-c2csc(NC(=O)C(Sc3cccc(NC(=S)Nc4ccc(C)cc4)c3)c3ccccc3)n2)cc1OC. The summed E-state index contributed by atoms with van der Waals surface area (Å²) in [5.41, 5.74) is 5.39.